The lowest BCUT2D eigenvalue weighted by atomic mass is 10.1. The van der Waals surface area contributed by atoms with Gasteiger partial charge in [-0.25, -0.2) is 0 Å². The Labute approximate surface area is 75.2 Å². The van der Waals surface area contributed by atoms with E-state index in [9.17, 15) is 0 Å². The van der Waals surface area contributed by atoms with Crippen molar-refractivity contribution in [2.24, 2.45) is 0 Å². The Bertz CT molecular complexity index is 258. The van der Waals surface area contributed by atoms with Crippen LogP contribution >= 0.6 is 15.9 Å². The number of hydrogen-bond donors (Lipinski definition) is 0. The van der Waals surface area contributed by atoms with Gasteiger partial charge in [-0.05, 0) is 40.4 Å². The lowest BCUT2D eigenvalue weighted by Crippen LogP contribution is -1.98. The van der Waals surface area contributed by atoms with E-state index in [1.807, 2.05) is 6.07 Å². The molecule has 1 heterocycles. The molecule has 0 aliphatic heterocycles. The van der Waals surface area contributed by atoms with Gasteiger partial charge >= 0.3 is 0 Å². The Morgan fingerprint density at radius 3 is 2.45 bits per heavy atom. The van der Waals surface area contributed by atoms with Gasteiger partial charge in [0, 0.05) is 0 Å². The fourth-order valence-corrected chi connectivity index (χ4v) is 1.46. The van der Waals surface area contributed by atoms with Crippen LogP contribution in [0.4, 0.5) is 0 Å². The Kier molecular flexibility index (Phi) is 2.60. The lowest BCUT2D eigenvalue weighted by molar-refractivity contribution is 0.768. The van der Waals surface area contributed by atoms with E-state index in [1.54, 1.807) is 0 Å². The molecule has 0 bridgehead atoms. The molecule has 0 amide bonds. The number of aryl methyl sites for hydroxylation is 1. The number of nitrogens with zero attached hydrogens (tertiary/aromatic N) is 2. The van der Waals surface area contributed by atoms with Crippen LogP contribution in [0.15, 0.2) is 10.7 Å². The maximum absolute atomic E-state index is 4.08. The molecule has 3 heteroatoms. The van der Waals surface area contributed by atoms with Crippen LogP contribution in [0.2, 0.25) is 0 Å². The van der Waals surface area contributed by atoms with E-state index in [1.165, 1.54) is 5.56 Å². The van der Waals surface area contributed by atoms with Crippen LogP contribution in [0, 0.1) is 6.92 Å². The number of rotatable bonds is 1. The van der Waals surface area contributed by atoms with Crippen molar-refractivity contribution in [1.29, 1.82) is 0 Å². The highest BCUT2D eigenvalue weighted by Crippen LogP contribution is 2.17. The van der Waals surface area contributed by atoms with E-state index in [-0.39, 0.29) is 0 Å². The molecule has 0 atom stereocenters. The van der Waals surface area contributed by atoms with Gasteiger partial charge in [-0.3, -0.25) is 0 Å². The van der Waals surface area contributed by atoms with Gasteiger partial charge in [-0.2, -0.15) is 5.10 Å². The predicted molar refractivity (Wildman–Crippen MR) is 48.6 cm³/mol. The Hall–Kier alpha value is -0.440. The van der Waals surface area contributed by atoms with Crippen molar-refractivity contribution in [2.45, 2.75) is 26.7 Å². The molecule has 60 valence electrons. The van der Waals surface area contributed by atoms with Crippen molar-refractivity contribution in [2.75, 3.05) is 0 Å². The summed E-state index contributed by atoms with van der Waals surface area (Å²) in [7, 11) is 0. The van der Waals surface area contributed by atoms with E-state index < -0.39 is 0 Å². The van der Waals surface area contributed by atoms with Gasteiger partial charge in [0.15, 0.2) is 0 Å². The quantitative estimate of drug-likeness (QED) is 0.719. The highest BCUT2D eigenvalue weighted by atomic mass is 79.9. The van der Waals surface area contributed by atoms with E-state index in [4.69, 9.17) is 0 Å². The number of halogens is 1. The summed E-state index contributed by atoms with van der Waals surface area (Å²) in [4.78, 5) is 0. The Balaban J connectivity index is 3.09. The van der Waals surface area contributed by atoms with E-state index in [0.717, 1.165) is 10.3 Å². The first kappa shape index (κ1) is 8.65. The van der Waals surface area contributed by atoms with Crippen molar-refractivity contribution in [1.82, 2.24) is 10.2 Å². The summed E-state index contributed by atoms with van der Waals surface area (Å²) in [6.45, 7) is 6.28. The van der Waals surface area contributed by atoms with Crippen molar-refractivity contribution < 1.29 is 0 Å². The van der Waals surface area contributed by atoms with Gasteiger partial charge in [0.05, 0.1) is 5.69 Å². The Morgan fingerprint density at radius 2 is 2.00 bits per heavy atom. The van der Waals surface area contributed by atoms with Gasteiger partial charge in [0.25, 0.3) is 0 Å². The molecule has 11 heavy (non-hydrogen) atoms. The van der Waals surface area contributed by atoms with Crippen LogP contribution in [0.5, 0.6) is 0 Å². The first-order valence-corrected chi connectivity index (χ1v) is 4.40. The third-order valence-electron chi connectivity index (χ3n) is 1.54. The highest BCUT2D eigenvalue weighted by Gasteiger charge is 2.05. The van der Waals surface area contributed by atoms with Gasteiger partial charge in [0.2, 0.25) is 0 Å². The summed E-state index contributed by atoms with van der Waals surface area (Å²) in [5.41, 5.74) is 2.27. The van der Waals surface area contributed by atoms with Crippen molar-refractivity contribution in [3.8, 4) is 0 Å². The molecule has 1 aromatic heterocycles. The first-order valence-electron chi connectivity index (χ1n) is 3.61. The average Bonchev–Trinajstić information content (AvgIpc) is 1.85. The summed E-state index contributed by atoms with van der Waals surface area (Å²) in [5.74, 6) is 0.454. The maximum Gasteiger partial charge on any atom is 0.129 e. The van der Waals surface area contributed by atoms with Crippen LogP contribution in [0.1, 0.15) is 31.0 Å². The molecule has 0 saturated heterocycles. The second-order valence-electron chi connectivity index (χ2n) is 2.89. The second kappa shape index (κ2) is 3.30. The zero-order valence-electron chi connectivity index (χ0n) is 6.93. The van der Waals surface area contributed by atoms with Crippen molar-refractivity contribution >= 4 is 15.9 Å². The molecule has 1 aromatic rings. The van der Waals surface area contributed by atoms with E-state index >= 15 is 0 Å². The maximum atomic E-state index is 4.08. The summed E-state index contributed by atoms with van der Waals surface area (Å²) in [5, 5.41) is 8.01. The second-order valence-corrected chi connectivity index (χ2v) is 3.70. The third kappa shape index (κ3) is 1.99. The minimum absolute atomic E-state index is 0.454. The normalized spacial score (nSPS) is 10.6. The van der Waals surface area contributed by atoms with Crippen LogP contribution in [-0.4, -0.2) is 10.2 Å². The SMILES string of the molecule is Cc1cc(Br)nnc1C(C)C. The minimum atomic E-state index is 0.454. The molecule has 0 fully saturated rings. The number of aromatic nitrogens is 2. The predicted octanol–water partition coefficient (Wildman–Crippen LogP) is 2.67. The average molecular weight is 215 g/mol. The molecule has 0 spiro atoms. The minimum Gasteiger partial charge on any atom is -0.154 e. The fourth-order valence-electron chi connectivity index (χ4n) is 1.03. The van der Waals surface area contributed by atoms with Crippen LogP contribution in [0.25, 0.3) is 0 Å². The van der Waals surface area contributed by atoms with Crippen molar-refractivity contribution in [3.05, 3.63) is 21.9 Å². The Morgan fingerprint density at radius 1 is 1.36 bits per heavy atom. The van der Waals surface area contributed by atoms with Crippen LogP contribution < -0.4 is 0 Å². The molecule has 0 N–H and O–H groups in total. The van der Waals surface area contributed by atoms with Crippen molar-refractivity contribution in [3.63, 3.8) is 0 Å². The molecule has 0 aliphatic rings. The lowest BCUT2D eigenvalue weighted by Gasteiger charge is -2.05. The van der Waals surface area contributed by atoms with Gasteiger partial charge in [-0.1, -0.05) is 13.8 Å². The molecule has 0 aliphatic carbocycles. The molecule has 0 saturated carbocycles. The zero-order chi connectivity index (χ0) is 8.43. The van der Waals surface area contributed by atoms with Crippen LogP contribution in [0.3, 0.4) is 0 Å². The van der Waals surface area contributed by atoms with Crippen LogP contribution in [-0.2, 0) is 0 Å². The highest BCUT2D eigenvalue weighted by molar-refractivity contribution is 9.10. The zero-order valence-corrected chi connectivity index (χ0v) is 8.51. The molecule has 0 unspecified atom stereocenters. The summed E-state index contributed by atoms with van der Waals surface area (Å²) < 4.78 is 0.805. The van der Waals surface area contributed by atoms with Gasteiger partial charge < -0.3 is 0 Å². The topological polar surface area (TPSA) is 25.8 Å². The third-order valence-corrected chi connectivity index (χ3v) is 1.93. The summed E-state index contributed by atoms with van der Waals surface area (Å²) in [6, 6.07) is 1.99. The van der Waals surface area contributed by atoms with E-state index in [2.05, 4.69) is 46.9 Å². The fraction of sp³-hybridized carbons (Fsp3) is 0.500. The monoisotopic (exact) mass is 214 g/mol. The molecular formula is C8H11BrN2. The van der Waals surface area contributed by atoms with Gasteiger partial charge in [0.1, 0.15) is 4.60 Å². The molecule has 0 radical (unpaired) electrons. The first-order chi connectivity index (χ1) is 5.11. The summed E-state index contributed by atoms with van der Waals surface area (Å²) in [6.07, 6.45) is 0. The molecule has 0 aromatic carbocycles. The standard InChI is InChI=1S/C8H11BrN2/c1-5(2)8-6(3)4-7(9)10-11-8/h4-5H,1-3H3. The smallest absolute Gasteiger partial charge is 0.129 e. The van der Waals surface area contributed by atoms with E-state index in [0.29, 0.717) is 5.92 Å². The van der Waals surface area contributed by atoms with Gasteiger partial charge in [-0.15, -0.1) is 5.10 Å². The molecular weight excluding hydrogens is 204 g/mol. The molecule has 2 nitrogen and oxygen atoms in total. The largest absolute Gasteiger partial charge is 0.154 e. The summed E-state index contributed by atoms with van der Waals surface area (Å²) >= 11 is 3.27. The number of hydrogen-bond acceptors (Lipinski definition) is 2. The molecule has 1 rings (SSSR count).